The third kappa shape index (κ3) is 3.16. The van der Waals surface area contributed by atoms with Gasteiger partial charge < -0.3 is 14.9 Å². The fourth-order valence-corrected chi connectivity index (χ4v) is 2.01. The Morgan fingerprint density at radius 2 is 2.00 bits per heavy atom. The lowest BCUT2D eigenvalue weighted by atomic mass is 9.90. The van der Waals surface area contributed by atoms with Gasteiger partial charge in [-0.2, -0.15) is 0 Å². The van der Waals surface area contributed by atoms with Crippen molar-refractivity contribution in [3.8, 4) is 0 Å². The van der Waals surface area contributed by atoms with Gasteiger partial charge in [0.05, 0.1) is 13.2 Å². The van der Waals surface area contributed by atoms with Crippen molar-refractivity contribution in [2.45, 2.75) is 6.10 Å². The van der Waals surface area contributed by atoms with Gasteiger partial charge in [-0.1, -0.05) is 36.4 Å². The Kier molecular flexibility index (Phi) is 4.38. The molecular formula is C16H16O4. The molecule has 2 unspecified atom stereocenters. The zero-order chi connectivity index (χ0) is 14.5. The van der Waals surface area contributed by atoms with Gasteiger partial charge >= 0.3 is 0 Å². The number of benzene rings is 1. The third-order valence-electron chi connectivity index (χ3n) is 3.07. The lowest BCUT2D eigenvalue weighted by Crippen LogP contribution is -2.30. The summed E-state index contributed by atoms with van der Waals surface area (Å²) in [5.74, 6) is -1.19. The van der Waals surface area contributed by atoms with Gasteiger partial charge in [0.25, 0.3) is 0 Å². The van der Waals surface area contributed by atoms with Crippen LogP contribution < -0.4 is 0 Å². The molecule has 1 aromatic rings. The second kappa shape index (κ2) is 6.21. The van der Waals surface area contributed by atoms with Crippen LogP contribution in [0.5, 0.6) is 0 Å². The van der Waals surface area contributed by atoms with E-state index >= 15 is 0 Å². The minimum Gasteiger partial charge on any atom is -0.511 e. The molecule has 0 amide bonds. The number of ketones is 1. The highest BCUT2D eigenvalue weighted by Gasteiger charge is 2.31. The van der Waals surface area contributed by atoms with E-state index in [0.29, 0.717) is 5.76 Å². The molecule has 0 fully saturated rings. The summed E-state index contributed by atoms with van der Waals surface area (Å²) in [5.41, 5.74) is 0.878. The molecule has 0 saturated heterocycles. The SMILES string of the molecule is COC1=CC(O)C(C(=O)C=Cc2ccccc2)C(O)=C1. The molecule has 0 radical (unpaired) electrons. The predicted molar refractivity (Wildman–Crippen MR) is 75.8 cm³/mol. The van der Waals surface area contributed by atoms with E-state index in [-0.39, 0.29) is 11.5 Å². The number of carbonyl (C=O) groups excluding carboxylic acids is 1. The quantitative estimate of drug-likeness (QED) is 0.825. The summed E-state index contributed by atoms with van der Waals surface area (Å²) in [7, 11) is 1.43. The first kappa shape index (κ1) is 14.1. The number of allylic oxidation sites excluding steroid dienone is 2. The lowest BCUT2D eigenvalue weighted by molar-refractivity contribution is -0.120. The maximum absolute atomic E-state index is 12.1. The number of rotatable bonds is 4. The van der Waals surface area contributed by atoms with E-state index in [2.05, 4.69) is 0 Å². The minimum atomic E-state index is -1.09. The lowest BCUT2D eigenvalue weighted by Gasteiger charge is -2.22. The predicted octanol–water partition coefficient (Wildman–Crippen LogP) is 2.23. The molecule has 4 heteroatoms. The van der Waals surface area contributed by atoms with Crippen molar-refractivity contribution in [2.24, 2.45) is 5.92 Å². The number of ether oxygens (including phenoxy) is 1. The average Bonchev–Trinajstić information content (AvgIpc) is 2.45. The highest BCUT2D eigenvalue weighted by Crippen LogP contribution is 2.24. The van der Waals surface area contributed by atoms with E-state index in [0.717, 1.165) is 5.56 Å². The molecule has 0 spiro atoms. The van der Waals surface area contributed by atoms with Gasteiger partial charge in [0.1, 0.15) is 17.4 Å². The Balaban J connectivity index is 2.13. The van der Waals surface area contributed by atoms with Crippen molar-refractivity contribution in [2.75, 3.05) is 7.11 Å². The summed E-state index contributed by atoms with van der Waals surface area (Å²) < 4.78 is 4.92. The van der Waals surface area contributed by atoms with Crippen LogP contribution in [0.1, 0.15) is 5.56 Å². The maximum Gasteiger partial charge on any atom is 0.169 e. The molecule has 2 atom stereocenters. The van der Waals surface area contributed by atoms with Gasteiger partial charge in [0.2, 0.25) is 0 Å². The summed E-state index contributed by atoms with van der Waals surface area (Å²) in [6.07, 6.45) is 4.66. The van der Waals surface area contributed by atoms with E-state index in [9.17, 15) is 15.0 Å². The molecule has 0 aromatic heterocycles. The van der Waals surface area contributed by atoms with Crippen LogP contribution in [0.2, 0.25) is 0 Å². The monoisotopic (exact) mass is 272 g/mol. The average molecular weight is 272 g/mol. The Bertz CT molecular complexity index is 569. The van der Waals surface area contributed by atoms with Gasteiger partial charge in [-0.15, -0.1) is 0 Å². The number of carbonyl (C=O) groups is 1. The fourth-order valence-electron chi connectivity index (χ4n) is 2.01. The van der Waals surface area contributed by atoms with Crippen molar-refractivity contribution in [3.05, 3.63) is 65.6 Å². The van der Waals surface area contributed by atoms with E-state index in [1.54, 1.807) is 6.08 Å². The van der Waals surface area contributed by atoms with Crippen LogP contribution >= 0.6 is 0 Å². The van der Waals surface area contributed by atoms with Crippen LogP contribution in [0.15, 0.2) is 60.1 Å². The topological polar surface area (TPSA) is 66.8 Å². The normalized spacial score (nSPS) is 22.3. The van der Waals surface area contributed by atoms with Gasteiger partial charge in [-0.05, 0) is 17.7 Å². The van der Waals surface area contributed by atoms with Crippen LogP contribution in [0.25, 0.3) is 6.08 Å². The van der Waals surface area contributed by atoms with Crippen molar-refractivity contribution < 1.29 is 19.7 Å². The molecule has 4 nitrogen and oxygen atoms in total. The molecular weight excluding hydrogens is 256 g/mol. The van der Waals surface area contributed by atoms with Crippen LogP contribution in [-0.2, 0) is 9.53 Å². The molecule has 20 heavy (non-hydrogen) atoms. The largest absolute Gasteiger partial charge is 0.511 e. The molecule has 0 aliphatic heterocycles. The Morgan fingerprint density at radius 1 is 1.30 bits per heavy atom. The van der Waals surface area contributed by atoms with Crippen LogP contribution in [-0.4, -0.2) is 29.2 Å². The summed E-state index contributed by atoms with van der Waals surface area (Å²) in [5, 5.41) is 19.7. The number of aliphatic hydroxyl groups excluding tert-OH is 2. The molecule has 0 bridgehead atoms. The highest BCUT2D eigenvalue weighted by atomic mass is 16.5. The Hall–Kier alpha value is -2.33. The second-order valence-electron chi connectivity index (χ2n) is 4.46. The third-order valence-corrected chi connectivity index (χ3v) is 3.07. The Labute approximate surface area is 117 Å². The van der Waals surface area contributed by atoms with Gasteiger partial charge in [0, 0.05) is 6.08 Å². The maximum atomic E-state index is 12.1. The van der Waals surface area contributed by atoms with Crippen LogP contribution in [0, 0.1) is 5.92 Å². The van der Waals surface area contributed by atoms with Crippen LogP contribution in [0.3, 0.4) is 0 Å². The van der Waals surface area contributed by atoms with Gasteiger partial charge in [-0.25, -0.2) is 0 Å². The fraction of sp³-hybridized carbons (Fsp3) is 0.188. The zero-order valence-electron chi connectivity index (χ0n) is 11.1. The molecule has 2 N–H and O–H groups in total. The highest BCUT2D eigenvalue weighted by molar-refractivity contribution is 5.97. The summed E-state index contributed by atoms with van der Waals surface area (Å²) in [6.45, 7) is 0. The first-order chi connectivity index (χ1) is 9.61. The van der Waals surface area contributed by atoms with Crippen LogP contribution in [0.4, 0.5) is 0 Å². The van der Waals surface area contributed by atoms with E-state index in [1.165, 1.54) is 25.3 Å². The van der Waals surface area contributed by atoms with Crippen molar-refractivity contribution in [1.29, 1.82) is 0 Å². The summed E-state index contributed by atoms with van der Waals surface area (Å²) in [4.78, 5) is 12.1. The number of methoxy groups -OCH3 is 1. The zero-order valence-corrected chi connectivity index (χ0v) is 11.1. The van der Waals surface area contributed by atoms with E-state index < -0.39 is 12.0 Å². The number of aliphatic hydroxyl groups is 2. The van der Waals surface area contributed by atoms with Gasteiger partial charge in [-0.3, -0.25) is 4.79 Å². The molecule has 0 heterocycles. The Morgan fingerprint density at radius 3 is 2.60 bits per heavy atom. The summed E-state index contributed by atoms with van der Waals surface area (Å²) >= 11 is 0. The molecule has 1 aliphatic carbocycles. The molecule has 104 valence electrons. The first-order valence-electron chi connectivity index (χ1n) is 6.23. The van der Waals surface area contributed by atoms with Crippen molar-refractivity contribution >= 4 is 11.9 Å². The standard InChI is InChI=1S/C16H16O4/c1-20-12-9-14(18)16(15(19)10-12)13(17)8-7-11-5-3-2-4-6-11/h2-10,14,16,18-19H,1H3. The first-order valence-corrected chi connectivity index (χ1v) is 6.23. The molecule has 1 aliphatic rings. The summed E-state index contributed by atoms with van der Waals surface area (Å²) in [6, 6.07) is 9.34. The van der Waals surface area contributed by atoms with Crippen molar-refractivity contribution in [3.63, 3.8) is 0 Å². The minimum absolute atomic E-state index is 0.195. The number of hydrogen-bond donors (Lipinski definition) is 2. The number of hydrogen-bond acceptors (Lipinski definition) is 4. The second-order valence-corrected chi connectivity index (χ2v) is 4.46. The van der Waals surface area contributed by atoms with Gasteiger partial charge in [0.15, 0.2) is 5.78 Å². The smallest absolute Gasteiger partial charge is 0.169 e. The molecule has 1 aromatic carbocycles. The molecule has 2 rings (SSSR count). The molecule has 0 saturated carbocycles. The van der Waals surface area contributed by atoms with E-state index in [1.807, 2.05) is 30.3 Å². The van der Waals surface area contributed by atoms with Crippen molar-refractivity contribution in [1.82, 2.24) is 0 Å². The van der Waals surface area contributed by atoms with E-state index in [4.69, 9.17) is 4.74 Å².